The molecule has 16 heteroatoms. The molecule has 0 amide bonds. The first-order chi connectivity index (χ1) is 20.9. The maximum atomic E-state index is 14.3. The van der Waals surface area contributed by atoms with Crippen LogP contribution in [0.25, 0.3) is 17.0 Å². The maximum Gasteiger partial charge on any atom is 0.296 e. The van der Waals surface area contributed by atoms with Crippen LogP contribution in [0.3, 0.4) is 0 Å². The van der Waals surface area contributed by atoms with Gasteiger partial charge in [0.2, 0.25) is 17.9 Å². The van der Waals surface area contributed by atoms with Gasteiger partial charge in [0.05, 0.1) is 45.6 Å². The van der Waals surface area contributed by atoms with Crippen molar-refractivity contribution in [1.29, 1.82) is 0 Å². The van der Waals surface area contributed by atoms with Crippen LogP contribution in [-0.2, 0) is 15.0 Å². The fourth-order valence-corrected chi connectivity index (χ4v) is 5.20. The lowest BCUT2D eigenvalue weighted by Crippen LogP contribution is -2.47. The Balaban J connectivity index is 1.29. The summed E-state index contributed by atoms with van der Waals surface area (Å²) in [6, 6.07) is 5.02. The number of fused-ring (bicyclic) bond motifs is 1. The Bertz CT molecular complexity index is 1490. The van der Waals surface area contributed by atoms with Gasteiger partial charge in [-0.15, -0.1) is 0 Å². The maximum absolute atomic E-state index is 14.3. The van der Waals surface area contributed by atoms with Crippen LogP contribution in [0.4, 0.5) is 14.7 Å². The fraction of sp³-hybridized carbons (Fsp3) is 0.556. The van der Waals surface area contributed by atoms with Crippen molar-refractivity contribution >= 4 is 29.2 Å². The number of alkyl halides is 2. The number of morpholine rings is 2. The molecule has 5 heterocycles. The standard InChI is InChI=1S/C27H35F2N11O3/c1-41-19-5-2-4-18-20(19)34-22(21(28)29)40(18)26-36-23(35-25(37-26)39-10-14-43-15-11-39)27(30)16-32-24(33-17-27)31-6-3-7-38-8-12-42-13-9-38/h2,4-5,16,21H,3,6-15,17,30H2,1H3,(H,31,33). The van der Waals surface area contributed by atoms with Crippen molar-refractivity contribution in [3.63, 3.8) is 0 Å². The Kier molecular flexibility index (Phi) is 8.69. The molecule has 3 N–H and O–H groups in total. The molecular weight excluding hydrogens is 564 g/mol. The lowest BCUT2D eigenvalue weighted by atomic mass is 10.0. The van der Waals surface area contributed by atoms with E-state index in [0.717, 1.165) is 39.3 Å². The molecule has 1 unspecified atom stereocenters. The van der Waals surface area contributed by atoms with Crippen molar-refractivity contribution < 1.29 is 23.0 Å². The number of hydrogen-bond acceptors (Lipinski definition) is 13. The molecule has 0 saturated carbocycles. The van der Waals surface area contributed by atoms with E-state index in [1.54, 1.807) is 24.4 Å². The van der Waals surface area contributed by atoms with Gasteiger partial charge in [-0.3, -0.25) is 9.47 Å². The van der Waals surface area contributed by atoms with Gasteiger partial charge >= 0.3 is 0 Å². The Morgan fingerprint density at radius 3 is 2.47 bits per heavy atom. The zero-order valence-corrected chi connectivity index (χ0v) is 24.0. The number of nitrogens with one attached hydrogen (secondary N) is 1. The van der Waals surface area contributed by atoms with Crippen molar-refractivity contribution in [3.05, 3.63) is 29.8 Å². The van der Waals surface area contributed by atoms with E-state index in [1.165, 1.54) is 11.7 Å². The average Bonchev–Trinajstić information content (AvgIpc) is 3.45. The molecule has 3 aliphatic rings. The smallest absolute Gasteiger partial charge is 0.296 e. The number of imidazole rings is 1. The molecule has 0 spiro atoms. The summed E-state index contributed by atoms with van der Waals surface area (Å²) in [6.07, 6.45) is -0.429. The molecule has 0 aliphatic carbocycles. The Hall–Kier alpha value is -3.86. The van der Waals surface area contributed by atoms with Crippen LogP contribution < -0.4 is 20.7 Å². The predicted molar refractivity (Wildman–Crippen MR) is 156 cm³/mol. The van der Waals surface area contributed by atoms with Crippen molar-refractivity contribution in [1.82, 2.24) is 34.7 Å². The molecule has 14 nitrogen and oxygen atoms in total. The molecule has 230 valence electrons. The van der Waals surface area contributed by atoms with Crippen molar-refractivity contribution in [2.45, 2.75) is 18.4 Å². The summed E-state index contributed by atoms with van der Waals surface area (Å²) in [4.78, 5) is 31.4. The highest BCUT2D eigenvalue weighted by Gasteiger charge is 2.35. The predicted octanol–water partition coefficient (Wildman–Crippen LogP) is 0.900. The van der Waals surface area contributed by atoms with E-state index in [1.807, 2.05) is 4.90 Å². The lowest BCUT2D eigenvalue weighted by molar-refractivity contribution is 0.0376. The number of benzene rings is 1. The normalized spacial score (nSPS) is 21.4. The topological polar surface area (TPSA) is 153 Å². The van der Waals surface area contributed by atoms with Crippen LogP contribution in [0.1, 0.15) is 24.5 Å². The number of methoxy groups -OCH3 is 1. The van der Waals surface area contributed by atoms with Gasteiger partial charge in [-0.05, 0) is 25.1 Å². The summed E-state index contributed by atoms with van der Waals surface area (Å²) in [5.41, 5.74) is 6.12. The van der Waals surface area contributed by atoms with Gasteiger partial charge in [0.1, 0.15) is 16.8 Å². The Morgan fingerprint density at radius 1 is 1.02 bits per heavy atom. The van der Waals surface area contributed by atoms with E-state index in [9.17, 15) is 8.78 Å². The number of ether oxygens (including phenoxy) is 3. The molecule has 3 aromatic rings. The van der Waals surface area contributed by atoms with E-state index < -0.39 is 17.8 Å². The van der Waals surface area contributed by atoms with E-state index in [4.69, 9.17) is 19.9 Å². The average molecular weight is 600 g/mol. The number of aromatic nitrogens is 5. The quantitative estimate of drug-likeness (QED) is 0.337. The third-order valence-corrected chi connectivity index (χ3v) is 7.56. The number of anilines is 1. The van der Waals surface area contributed by atoms with Crippen LogP contribution in [-0.4, -0.2) is 121 Å². The molecule has 43 heavy (non-hydrogen) atoms. The molecule has 2 saturated heterocycles. The number of para-hydroxylation sites is 1. The van der Waals surface area contributed by atoms with E-state index >= 15 is 0 Å². The minimum atomic E-state index is -2.91. The third-order valence-electron chi connectivity index (χ3n) is 7.56. The minimum Gasteiger partial charge on any atom is -0.494 e. The highest BCUT2D eigenvalue weighted by molar-refractivity contribution is 5.93. The summed E-state index contributed by atoms with van der Waals surface area (Å²) in [5, 5.41) is 3.25. The van der Waals surface area contributed by atoms with Crippen molar-refractivity contribution in [2.75, 3.05) is 84.3 Å². The molecule has 0 radical (unpaired) electrons. The number of rotatable bonds is 9. The van der Waals surface area contributed by atoms with Crippen molar-refractivity contribution in [2.24, 2.45) is 15.7 Å². The lowest BCUT2D eigenvalue weighted by Gasteiger charge is -2.30. The van der Waals surface area contributed by atoms with E-state index in [2.05, 4.69) is 40.1 Å². The number of hydrogen-bond donors (Lipinski definition) is 2. The monoisotopic (exact) mass is 599 g/mol. The first kappa shape index (κ1) is 29.2. The highest BCUT2D eigenvalue weighted by atomic mass is 19.3. The summed E-state index contributed by atoms with van der Waals surface area (Å²) < 4.78 is 46.2. The molecule has 6 rings (SSSR count). The number of guanidine groups is 1. The summed E-state index contributed by atoms with van der Waals surface area (Å²) in [7, 11) is 1.46. The fourth-order valence-electron chi connectivity index (χ4n) is 5.20. The van der Waals surface area contributed by atoms with Gasteiger partial charge in [-0.25, -0.2) is 23.7 Å². The Labute approximate surface area is 247 Å². The van der Waals surface area contributed by atoms with Crippen LogP contribution in [0.15, 0.2) is 28.2 Å². The SMILES string of the molecule is COc1cccc2c1nc(C(F)F)n2-c1nc(N2CCOCC2)nc(C2(N)C=NC(NCCCN3CCOCC3)=NC2)n1. The van der Waals surface area contributed by atoms with Gasteiger partial charge in [0, 0.05) is 38.9 Å². The molecule has 1 atom stereocenters. The molecular formula is C27H35F2N11O3. The van der Waals surface area contributed by atoms with E-state index in [0.29, 0.717) is 56.0 Å². The summed E-state index contributed by atoms with van der Waals surface area (Å²) in [5.74, 6) is 0.722. The van der Waals surface area contributed by atoms with Gasteiger partial charge in [-0.2, -0.15) is 15.0 Å². The molecule has 2 fully saturated rings. The van der Waals surface area contributed by atoms with Gasteiger partial charge in [0.15, 0.2) is 11.6 Å². The summed E-state index contributed by atoms with van der Waals surface area (Å²) >= 11 is 0. The number of nitrogens with zero attached hydrogens (tertiary/aromatic N) is 9. The van der Waals surface area contributed by atoms with Crippen molar-refractivity contribution in [3.8, 4) is 11.7 Å². The minimum absolute atomic E-state index is 0.0354. The van der Waals surface area contributed by atoms with Gasteiger partial charge in [0.25, 0.3) is 6.43 Å². The zero-order chi connectivity index (χ0) is 29.8. The Morgan fingerprint density at radius 2 is 1.77 bits per heavy atom. The van der Waals surface area contributed by atoms with Gasteiger partial charge < -0.3 is 30.2 Å². The van der Waals surface area contributed by atoms with Crippen LogP contribution in [0, 0.1) is 0 Å². The van der Waals surface area contributed by atoms with E-state index in [-0.39, 0.29) is 23.8 Å². The second-order valence-electron chi connectivity index (χ2n) is 10.5. The van der Waals surface area contributed by atoms with Crippen LogP contribution >= 0.6 is 0 Å². The second kappa shape index (κ2) is 12.8. The number of aliphatic imine (C=N–C) groups is 2. The first-order valence-corrected chi connectivity index (χ1v) is 14.3. The highest BCUT2D eigenvalue weighted by Crippen LogP contribution is 2.32. The van der Waals surface area contributed by atoms with Crippen LogP contribution in [0.2, 0.25) is 0 Å². The number of halogens is 2. The molecule has 3 aliphatic heterocycles. The molecule has 0 bridgehead atoms. The first-order valence-electron chi connectivity index (χ1n) is 14.3. The third kappa shape index (κ3) is 6.27. The molecule has 2 aromatic heterocycles. The number of nitrogens with two attached hydrogens (primary N) is 1. The largest absolute Gasteiger partial charge is 0.494 e. The second-order valence-corrected chi connectivity index (χ2v) is 10.5. The summed E-state index contributed by atoms with van der Waals surface area (Å²) in [6.45, 7) is 7.18. The van der Waals surface area contributed by atoms with Crippen LogP contribution in [0.5, 0.6) is 5.75 Å². The zero-order valence-electron chi connectivity index (χ0n) is 24.0. The van der Waals surface area contributed by atoms with Gasteiger partial charge in [-0.1, -0.05) is 6.07 Å². The molecule has 1 aromatic carbocycles.